The second-order valence-corrected chi connectivity index (χ2v) is 4.28. The molecule has 0 saturated heterocycles. The van der Waals surface area contributed by atoms with E-state index >= 15 is 0 Å². The highest BCUT2D eigenvalue weighted by Gasteiger charge is 2.10. The van der Waals surface area contributed by atoms with Crippen molar-refractivity contribution in [3.63, 3.8) is 0 Å². The maximum Gasteiger partial charge on any atom is 0.0768 e. The van der Waals surface area contributed by atoms with Gasteiger partial charge in [-0.05, 0) is 13.0 Å². The molecular weight excluding hydrogens is 184 g/mol. The van der Waals surface area contributed by atoms with Crippen LogP contribution in [0.5, 0.6) is 0 Å². The Morgan fingerprint density at radius 2 is 2.00 bits per heavy atom. The quantitative estimate of drug-likeness (QED) is 0.618. The first-order chi connectivity index (χ1) is 5.97. The molecule has 3 nitrogen and oxygen atoms in total. The normalized spacial score (nSPS) is 15.8. The molecule has 0 aromatic heterocycles. The van der Waals surface area contributed by atoms with E-state index in [1.54, 1.807) is 0 Å². The Bertz CT molecular complexity index is 164. The standard InChI is InChI=1S/C9H20N2OS/c1-7(6-12)4-11(3)5-8(2)9(10)13/h7-8,12H,4-6H2,1-3H3,(H2,10,13). The molecule has 0 amide bonds. The summed E-state index contributed by atoms with van der Waals surface area (Å²) < 4.78 is 0. The van der Waals surface area contributed by atoms with Gasteiger partial charge in [0.15, 0.2) is 0 Å². The SMILES string of the molecule is CC(CO)CN(C)CC(C)C(N)=S. The third-order valence-corrected chi connectivity index (χ3v) is 2.41. The Morgan fingerprint density at radius 1 is 1.46 bits per heavy atom. The van der Waals surface area contributed by atoms with E-state index in [0.717, 1.165) is 13.1 Å². The summed E-state index contributed by atoms with van der Waals surface area (Å²) in [5.41, 5.74) is 5.50. The number of hydrogen-bond donors (Lipinski definition) is 2. The number of hydrogen-bond acceptors (Lipinski definition) is 3. The summed E-state index contributed by atoms with van der Waals surface area (Å²) in [6.45, 7) is 6.00. The monoisotopic (exact) mass is 204 g/mol. The van der Waals surface area contributed by atoms with E-state index in [0.29, 0.717) is 10.9 Å². The summed E-state index contributed by atoms with van der Waals surface area (Å²) in [5.74, 6) is 0.550. The zero-order valence-corrected chi connectivity index (χ0v) is 9.47. The Hall–Kier alpha value is -0.190. The minimum atomic E-state index is 0.228. The number of thiocarbonyl (C=S) groups is 1. The van der Waals surface area contributed by atoms with Crippen molar-refractivity contribution in [2.45, 2.75) is 13.8 Å². The largest absolute Gasteiger partial charge is 0.396 e. The smallest absolute Gasteiger partial charge is 0.0768 e. The molecular formula is C9H20N2OS. The predicted octanol–water partition coefficient (Wildman–Crippen LogP) is 0.469. The van der Waals surface area contributed by atoms with Gasteiger partial charge in [-0.15, -0.1) is 0 Å². The van der Waals surface area contributed by atoms with E-state index in [1.807, 2.05) is 20.9 Å². The van der Waals surface area contributed by atoms with Gasteiger partial charge in [0.1, 0.15) is 0 Å². The first kappa shape index (κ1) is 12.8. The Labute approximate surface area is 85.9 Å². The van der Waals surface area contributed by atoms with Crippen LogP contribution >= 0.6 is 12.2 Å². The average Bonchev–Trinajstić information content (AvgIpc) is 2.03. The van der Waals surface area contributed by atoms with Crippen molar-refractivity contribution in [1.82, 2.24) is 4.90 Å². The van der Waals surface area contributed by atoms with Crippen molar-refractivity contribution in [3.05, 3.63) is 0 Å². The van der Waals surface area contributed by atoms with Crippen molar-refractivity contribution in [1.29, 1.82) is 0 Å². The van der Waals surface area contributed by atoms with Crippen LogP contribution in [0.4, 0.5) is 0 Å². The Morgan fingerprint density at radius 3 is 2.38 bits per heavy atom. The third-order valence-electron chi connectivity index (χ3n) is 2.01. The molecule has 0 aromatic rings. The van der Waals surface area contributed by atoms with Gasteiger partial charge in [0.2, 0.25) is 0 Å². The van der Waals surface area contributed by atoms with E-state index in [9.17, 15) is 0 Å². The maximum atomic E-state index is 8.85. The molecule has 0 aromatic carbocycles. The van der Waals surface area contributed by atoms with Gasteiger partial charge < -0.3 is 15.7 Å². The topological polar surface area (TPSA) is 49.5 Å². The molecule has 2 unspecified atom stereocenters. The van der Waals surface area contributed by atoms with Gasteiger partial charge in [-0.3, -0.25) is 0 Å². The number of rotatable bonds is 6. The number of nitrogens with two attached hydrogens (primary N) is 1. The highest BCUT2D eigenvalue weighted by Crippen LogP contribution is 2.02. The van der Waals surface area contributed by atoms with Crippen LogP contribution < -0.4 is 5.73 Å². The van der Waals surface area contributed by atoms with Gasteiger partial charge in [0, 0.05) is 25.6 Å². The second kappa shape index (κ2) is 6.29. The molecule has 0 heterocycles. The van der Waals surface area contributed by atoms with Gasteiger partial charge in [-0.25, -0.2) is 0 Å². The molecule has 0 fully saturated rings. The van der Waals surface area contributed by atoms with Crippen LogP contribution in [0.15, 0.2) is 0 Å². The highest BCUT2D eigenvalue weighted by molar-refractivity contribution is 7.80. The van der Waals surface area contributed by atoms with Gasteiger partial charge in [0.25, 0.3) is 0 Å². The van der Waals surface area contributed by atoms with Crippen molar-refractivity contribution in [3.8, 4) is 0 Å². The lowest BCUT2D eigenvalue weighted by Crippen LogP contribution is -2.34. The molecule has 0 saturated carbocycles. The summed E-state index contributed by atoms with van der Waals surface area (Å²) in [7, 11) is 2.01. The molecule has 0 spiro atoms. The first-order valence-electron chi connectivity index (χ1n) is 4.56. The van der Waals surface area contributed by atoms with Crippen LogP contribution in [0, 0.1) is 11.8 Å². The van der Waals surface area contributed by atoms with E-state index in [4.69, 9.17) is 23.1 Å². The van der Waals surface area contributed by atoms with Crippen molar-refractivity contribution >= 4 is 17.2 Å². The zero-order chi connectivity index (χ0) is 10.4. The molecule has 0 bridgehead atoms. The van der Waals surface area contributed by atoms with E-state index in [1.165, 1.54) is 0 Å². The summed E-state index contributed by atoms with van der Waals surface area (Å²) in [4.78, 5) is 2.70. The average molecular weight is 204 g/mol. The van der Waals surface area contributed by atoms with Gasteiger partial charge >= 0.3 is 0 Å². The van der Waals surface area contributed by atoms with E-state index in [2.05, 4.69) is 4.90 Å². The van der Waals surface area contributed by atoms with Gasteiger partial charge in [-0.2, -0.15) is 0 Å². The lowest BCUT2D eigenvalue weighted by atomic mass is 10.1. The fourth-order valence-corrected chi connectivity index (χ4v) is 1.30. The van der Waals surface area contributed by atoms with Crippen LogP contribution in [0.2, 0.25) is 0 Å². The second-order valence-electron chi connectivity index (χ2n) is 3.81. The molecule has 0 rings (SSSR count). The maximum absolute atomic E-state index is 8.85. The van der Waals surface area contributed by atoms with Gasteiger partial charge in [0.05, 0.1) is 4.99 Å². The molecule has 0 aliphatic rings. The number of aliphatic hydroxyl groups excluding tert-OH is 1. The fraction of sp³-hybridized carbons (Fsp3) is 0.889. The minimum Gasteiger partial charge on any atom is -0.396 e. The Balaban J connectivity index is 3.73. The van der Waals surface area contributed by atoms with Crippen LogP contribution in [0.3, 0.4) is 0 Å². The lowest BCUT2D eigenvalue weighted by Gasteiger charge is -2.22. The van der Waals surface area contributed by atoms with Crippen molar-refractivity contribution < 1.29 is 5.11 Å². The van der Waals surface area contributed by atoms with Crippen LogP contribution in [0.1, 0.15) is 13.8 Å². The molecule has 2 atom stereocenters. The summed E-state index contributed by atoms with van der Waals surface area (Å²) in [6.07, 6.45) is 0. The van der Waals surface area contributed by atoms with E-state index < -0.39 is 0 Å². The Kier molecular flexibility index (Phi) is 6.20. The first-order valence-corrected chi connectivity index (χ1v) is 4.97. The van der Waals surface area contributed by atoms with Crippen LogP contribution in [0.25, 0.3) is 0 Å². The highest BCUT2D eigenvalue weighted by atomic mass is 32.1. The minimum absolute atomic E-state index is 0.228. The van der Waals surface area contributed by atoms with Gasteiger partial charge in [-0.1, -0.05) is 26.1 Å². The fourth-order valence-electron chi connectivity index (χ4n) is 1.22. The summed E-state index contributed by atoms with van der Waals surface area (Å²) in [5, 5.41) is 8.85. The van der Waals surface area contributed by atoms with Crippen LogP contribution in [-0.2, 0) is 0 Å². The molecule has 4 heteroatoms. The van der Waals surface area contributed by atoms with E-state index in [-0.39, 0.29) is 12.5 Å². The molecule has 3 N–H and O–H groups in total. The molecule has 0 aliphatic carbocycles. The molecule has 0 aliphatic heterocycles. The lowest BCUT2D eigenvalue weighted by molar-refractivity contribution is 0.187. The summed E-state index contributed by atoms with van der Waals surface area (Å²) >= 11 is 4.88. The number of aliphatic hydroxyl groups is 1. The molecule has 13 heavy (non-hydrogen) atoms. The van der Waals surface area contributed by atoms with Crippen molar-refractivity contribution in [2.75, 3.05) is 26.7 Å². The predicted molar refractivity (Wildman–Crippen MR) is 59.7 cm³/mol. The number of nitrogens with zero attached hydrogens (tertiary/aromatic N) is 1. The molecule has 0 radical (unpaired) electrons. The summed E-state index contributed by atoms with van der Waals surface area (Å²) in [6, 6.07) is 0. The van der Waals surface area contributed by atoms with Crippen LogP contribution in [-0.4, -0.2) is 41.7 Å². The third kappa shape index (κ3) is 5.96. The zero-order valence-electron chi connectivity index (χ0n) is 8.66. The molecule has 78 valence electrons. The van der Waals surface area contributed by atoms with Crippen molar-refractivity contribution in [2.24, 2.45) is 17.6 Å².